The van der Waals surface area contributed by atoms with Crippen molar-refractivity contribution in [1.82, 2.24) is 44.7 Å². The number of nitrogens with zero attached hydrogens (tertiary/aromatic N) is 11. The van der Waals surface area contributed by atoms with Gasteiger partial charge in [-0.2, -0.15) is 4.98 Å². The number of phenolic OH excluding ortho intramolecular Hbond substituents is 2. The zero-order chi connectivity index (χ0) is 55.5. The third-order valence-electron chi connectivity index (χ3n) is 15.5. The van der Waals surface area contributed by atoms with Crippen molar-refractivity contribution in [3.8, 4) is 34.3 Å². The molecule has 0 bridgehead atoms. The number of hydrogen-bond acceptors (Lipinski definition) is 16. The van der Waals surface area contributed by atoms with Gasteiger partial charge in [0.15, 0.2) is 11.6 Å². The van der Waals surface area contributed by atoms with Gasteiger partial charge in [-0.25, -0.2) is 17.7 Å². The second-order valence-electron chi connectivity index (χ2n) is 20.7. The molecule has 4 aliphatic heterocycles. The summed E-state index contributed by atoms with van der Waals surface area (Å²) in [6.45, 7) is 15.1. The van der Waals surface area contributed by atoms with E-state index in [0.717, 1.165) is 113 Å². The van der Waals surface area contributed by atoms with Crippen molar-refractivity contribution in [3.63, 3.8) is 0 Å². The Morgan fingerprint density at radius 2 is 1.49 bits per heavy atom. The number of piperazine rings is 1. The molecule has 0 atom stereocenters. The molecular formula is C57H69N13O8S. The molecule has 6 heterocycles. The molecule has 0 spiro atoms. The fraction of sp³-hybridized carbons (Fsp3) is 0.421. The van der Waals surface area contributed by atoms with E-state index in [9.17, 15) is 33.0 Å². The number of para-hydroxylation sites is 1. The lowest BCUT2D eigenvalue weighted by Gasteiger charge is -2.40. The Bertz CT molecular complexity index is 3330. The molecule has 2 aromatic heterocycles. The lowest BCUT2D eigenvalue weighted by atomic mass is 9.91. The number of fused-ring (bicyclic) bond motifs is 2. The van der Waals surface area contributed by atoms with E-state index in [1.54, 1.807) is 41.9 Å². The second kappa shape index (κ2) is 23.3. The largest absolute Gasteiger partial charge is 0.508 e. The topological polar surface area (TPSA) is 235 Å². The van der Waals surface area contributed by atoms with Crippen LogP contribution in [0.25, 0.3) is 17.1 Å². The van der Waals surface area contributed by atoms with Crippen LogP contribution in [-0.2, 0) is 27.8 Å². The number of carbonyl (C=O) groups excluding carboxylic acids is 3. The monoisotopic (exact) mass is 1100 g/mol. The van der Waals surface area contributed by atoms with E-state index in [1.165, 1.54) is 17.2 Å². The van der Waals surface area contributed by atoms with E-state index < -0.39 is 10.0 Å². The smallest absolute Gasteiger partial charge is 0.289 e. The number of aromatic nitrogens is 5. The number of sulfonamides is 1. The molecule has 3 fully saturated rings. The molecule has 6 aromatic rings. The second-order valence-corrected chi connectivity index (χ2v) is 22.5. The summed E-state index contributed by atoms with van der Waals surface area (Å²) in [6, 6.07) is 23.4. The van der Waals surface area contributed by atoms with Crippen LogP contribution in [0.3, 0.4) is 0 Å². The number of hydrogen-bond donors (Lipinski definition) is 4. The Labute approximate surface area is 460 Å². The summed E-state index contributed by atoms with van der Waals surface area (Å²) in [5.74, 6) is 0.984. The van der Waals surface area contributed by atoms with Crippen molar-refractivity contribution in [2.45, 2.75) is 59.4 Å². The van der Waals surface area contributed by atoms with Crippen LogP contribution in [0.2, 0.25) is 0 Å². The van der Waals surface area contributed by atoms with Gasteiger partial charge in [0.2, 0.25) is 27.7 Å². The minimum atomic E-state index is -3.93. The minimum absolute atomic E-state index is 0.00612. The number of aromatic hydroxyl groups is 2. The van der Waals surface area contributed by atoms with Crippen LogP contribution in [-0.4, -0.2) is 161 Å². The maximum absolute atomic E-state index is 13.9. The highest BCUT2D eigenvalue weighted by atomic mass is 32.2. The zero-order valence-electron chi connectivity index (χ0n) is 45.4. The van der Waals surface area contributed by atoms with Gasteiger partial charge in [-0.3, -0.25) is 23.9 Å². The molecule has 3 amide bonds. The highest BCUT2D eigenvalue weighted by Crippen LogP contribution is 2.42. The van der Waals surface area contributed by atoms with Crippen LogP contribution in [0.1, 0.15) is 78.6 Å². The Balaban J connectivity index is 0.692. The predicted molar refractivity (Wildman–Crippen MR) is 303 cm³/mol. The number of piperidine rings is 2. The van der Waals surface area contributed by atoms with Crippen molar-refractivity contribution in [3.05, 3.63) is 108 Å². The van der Waals surface area contributed by atoms with Crippen LogP contribution in [0.4, 0.5) is 34.5 Å². The molecular weight excluding hydrogens is 1030 g/mol. The molecule has 10 rings (SSSR count). The van der Waals surface area contributed by atoms with Crippen LogP contribution in [0.15, 0.2) is 85.1 Å². The molecule has 22 heteroatoms. The van der Waals surface area contributed by atoms with E-state index in [-0.39, 0.29) is 69.7 Å². The first-order chi connectivity index (χ1) is 38.1. The molecule has 4 aliphatic rings. The summed E-state index contributed by atoms with van der Waals surface area (Å²) < 4.78 is 35.4. The van der Waals surface area contributed by atoms with Crippen LogP contribution < -0.4 is 29.5 Å². The molecule has 0 unspecified atom stereocenters. The quantitative estimate of drug-likeness (QED) is 0.0804. The Kier molecular flexibility index (Phi) is 16.1. The number of rotatable bonds is 16. The lowest BCUT2D eigenvalue weighted by molar-refractivity contribution is -0.137. The standard InChI is InChI=1S/C57H69N13O8S/c1-6-39-31-44(49(72)33-48(39)71)51-62-63-53(54(73)58-7-2)69(51)41-15-13-37(14-16-41)35-65-27-29-66(30-28-65)36-38-19-23-68(24-20-38)55(74)40-21-25-67(26-22-40)42-17-18-45(50(32-42)78-8-3)60-57-59-34-47-52(61-57)70(79(5,76)77)46-12-10-9-11-43(46)56(75)64(47)4/h9-18,31-34,38,40,71-72H,6-8,19-30,35-36H2,1-5H3,(H,58,73)(H,59,60,61). The zero-order valence-corrected chi connectivity index (χ0v) is 46.2. The Morgan fingerprint density at radius 3 is 2.19 bits per heavy atom. The van der Waals surface area contributed by atoms with Gasteiger partial charge >= 0.3 is 0 Å². The number of ether oxygens (including phenoxy) is 1. The van der Waals surface area contributed by atoms with Crippen molar-refractivity contribution in [2.75, 3.05) is 105 Å². The first-order valence-corrected chi connectivity index (χ1v) is 29.1. The van der Waals surface area contributed by atoms with Crippen molar-refractivity contribution in [1.29, 1.82) is 0 Å². The summed E-state index contributed by atoms with van der Waals surface area (Å²) >= 11 is 0. The normalized spacial score (nSPS) is 16.8. The van der Waals surface area contributed by atoms with Crippen molar-refractivity contribution in [2.24, 2.45) is 11.8 Å². The number of amides is 3. The van der Waals surface area contributed by atoms with Gasteiger partial charge in [-0.15, -0.1) is 10.2 Å². The van der Waals surface area contributed by atoms with E-state index >= 15 is 0 Å². The average molecular weight is 1100 g/mol. The fourth-order valence-electron chi connectivity index (χ4n) is 11.2. The average Bonchev–Trinajstić information content (AvgIpc) is 4.14. The molecule has 0 aliphatic carbocycles. The van der Waals surface area contributed by atoms with Gasteiger partial charge in [-0.1, -0.05) is 31.2 Å². The lowest BCUT2D eigenvalue weighted by Crippen LogP contribution is -2.49. The van der Waals surface area contributed by atoms with Crippen molar-refractivity contribution >= 4 is 62.3 Å². The highest BCUT2D eigenvalue weighted by Gasteiger charge is 2.36. The van der Waals surface area contributed by atoms with E-state index in [2.05, 4.69) is 62.5 Å². The summed E-state index contributed by atoms with van der Waals surface area (Å²) in [7, 11) is -2.36. The van der Waals surface area contributed by atoms with E-state index in [1.807, 2.05) is 51.1 Å². The molecule has 0 radical (unpaired) electrons. The number of nitrogens with one attached hydrogen (secondary N) is 2. The van der Waals surface area contributed by atoms with Crippen LogP contribution >= 0.6 is 0 Å². The van der Waals surface area contributed by atoms with Gasteiger partial charge in [-0.05, 0) is 105 Å². The molecule has 416 valence electrons. The summed E-state index contributed by atoms with van der Waals surface area (Å²) in [4.78, 5) is 60.4. The molecule has 3 saturated heterocycles. The third kappa shape index (κ3) is 11.5. The van der Waals surface area contributed by atoms with E-state index in [0.29, 0.717) is 59.6 Å². The first kappa shape index (κ1) is 54.5. The third-order valence-corrected chi connectivity index (χ3v) is 16.6. The molecule has 79 heavy (non-hydrogen) atoms. The maximum Gasteiger partial charge on any atom is 0.289 e. The predicted octanol–water partition coefficient (Wildman–Crippen LogP) is 6.55. The van der Waals surface area contributed by atoms with Gasteiger partial charge in [0.25, 0.3) is 11.8 Å². The molecule has 0 saturated carbocycles. The highest BCUT2D eigenvalue weighted by molar-refractivity contribution is 7.92. The fourth-order valence-corrected chi connectivity index (χ4v) is 12.2. The number of anilines is 6. The molecule has 4 aromatic carbocycles. The number of carbonyl (C=O) groups is 3. The summed E-state index contributed by atoms with van der Waals surface area (Å²) in [5.41, 5.74) is 5.05. The first-order valence-electron chi connectivity index (χ1n) is 27.3. The molecule has 4 N–H and O–H groups in total. The van der Waals surface area contributed by atoms with Crippen LogP contribution in [0.5, 0.6) is 17.2 Å². The maximum atomic E-state index is 13.9. The number of likely N-dealkylation sites (tertiary alicyclic amines) is 1. The number of benzene rings is 4. The summed E-state index contributed by atoms with van der Waals surface area (Å²) in [5, 5.41) is 35.8. The van der Waals surface area contributed by atoms with Gasteiger partial charge in [0.05, 0.1) is 41.6 Å². The Morgan fingerprint density at radius 1 is 0.785 bits per heavy atom. The van der Waals surface area contributed by atoms with Gasteiger partial charge < -0.3 is 45.2 Å². The van der Waals surface area contributed by atoms with Crippen molar-refractivity contribution < 1.29 is 37.8 Å². The minimum Gasteiger partial charge on any atom is -0.508 e. The van der Waals surface area contributed by atoms with Gasteiger partial charge in [0, 0.05) is 108 Å². The van der Waals surface area contributed by atoms with Crippen LogP contribution in [0, 0.1) is 11.8 Å². The molecule has 21 nitrogen and oxygen atoms in total. The summed E-state index contributed by atoms with van der Waals surface area (Å²) in [6.07, 6.45) is 6.56. The SMILES string of the molecule is CCNC(=O)c1nnc(-c2cc(CC)c(O)cc2O)n1-c1ccc(CN2CCN(CC3CCN(C(=O)C4CCN(c5ccc(Nc6ncc7c(n6)N(S(C)(=O)=O)c6ccccc6C(=O)N7C)c(OCC)c5)CC4)CC3)CC2)cc1. The number of aryl methyl sites for hydroxylation is 1. The number of phenols is 2. The Hall–Kier alpha value is -7.82. The van der Waals surface area contributed by atoms with Gasteiger partial charge in [0.1, 0.15) is 22.9 Å². The van der Waals surface area contributed by atoms with E-state index in [4.69, 9.17) is 4.74 Å².